The third-order valence-electron chi connectivity index (χ3n) is 3.09. The number of hydrogen-bond donors (Lipinski definition) is 1. The number of hydrogen-bond acceptors (Lipinski definition) is 4. The Bertz CT molecular complexity index is 657. The maximum atomic E-state index is 12.4. The normalized spacial score (nSPS) is 9.17. The number of aromatic nitrogens is 2. The van der Waals surface area contributed by atoms with E-state index in [4.69, 9.17) is 4.74 Å². The fourth-order valence-corrected chi connectivity index (χ4v) is 2.04. The second kappa shape index (κ2) is 13.3. The Morgan fingerprint density at radius 3 is 2.46 bits per heavy atom. The summed E-state index contributed by atoms with van der Waals surface area (Å²) >= 11 is 0. The van der Waals surface area contributed by atoms with Crippen LogP contribution < -0.4 is 5.56 Å². The van der Waals surface area contributed by atoms with Gasteiger partial charge in [-0.2, -0.15) is 5.10 Å². The summed E-state index contributed by atoms with van der Waals surface area (Å²) in [7, 11) is 0. The summed E-state index contributed by atoms with van der Waals surface area (Å²) in [5.41, 5.74) is 1.64. The van der Waals surface area contributed by atoms with Gasteiger partial charge in [0.1, 0.15) is 5.75 Å². The van der Waals surface area contributed by atoms with Gasteiger partial charge >= 0.3 is 0 Å². The van der Waals surface area contributed by atoms with Gasteiger partial charge in [0, 0.05) is 39.3 Å². The number of ether oxygens (including phenoxy) is 1. The third-order valence-corrected chi connectivity index (χ3v) is 3.09. The van der Waals surface area contributed by atoms with Crippen LogP contribution in [0.15, 0.2) is 35.3 Å². The number of aryl methyl sites for hydroxylation is 1. The predicted molar refractivity (Wildman–Crippen MR) is 94.6 cm³/mol. The molecule has 5 nitrogen and oxygen atoms in total. The van der Waals surface area contributed by atoms with Crippen molar-refractivity contribution in [2.75, 3.05) is 13.2 Å². The van der Waals surface area contributed by atoms with Crippen LogP contribution in [0.4, 0.5) is 0 Å². The second-order valence-electron chi connectivity index (χ2n) is 4.44. The first-order valence-corrected chi connectivity index (χ1v) is 7.58. The van der Waals surface area contributed by atoms with Gasteiger partial charge in [-0.25, -0.2) is 4.68 Å². The van der Waals surface area contributed by atoms with Gasteiger partial charge in [0.25, 0.3) is 5.56 Å². The van der Waals surface area contributed by atoms with Crippen LogP contribution in [0, 0.1) is 14.4 Å². The van der Waals surface area contributed by atoms with Crippen LogP contribution >= 0.6 is 0 Å². The topological polar surface area (TPSA) is 64.3 Å². The molecule has 0 atom stereocenters. The second-order valence-corrected chi connectivity index (χ2v) is 4.44. The molecule has 131 valence electrons. The molecule has 0 saturated carbocycles. The summed E-state index contributed by atoms with van der Waals surface area (Å²) < 4.78 is 6.55. The molecule has 2 rings (SSSR count). The zero-order chi connectivity index (χ0) is 16.5. The average molecular weight is 408 g/mol. The summed E-state index contributed by atoms with van der Waals surface area (Å²) in [5, 5.41) is 13.9. The van der Waals surface area contributed by atoms with Crippen LogP contribution in [0.3, 0.4) is 0 Å². The zero-order valence-electron chi connectivity index (χ0n) is 15.2. The van der Waals surface area contributed by atoms with E-state index in [0.717, 1.165) is 11.1 Å². The number of benzene rings is 1. The van der Waals surface area contributed by atoms with Crippen molar-refractivity contribution in [3.8, 4) is 16.9 Å². The van der Waals surface area contributed by atoms with Gasteiger partial charge < -0.3 is 17.3 Å². The van der Waals surface area contributed by atoms with Gasteiger partial charge in [0.15, 0.2) is 0 Å². The molecular formula is C18H27N2O3Y-. The van der Waals surface area contributed by atoms with Gasteiger partial charge in [-0.3, -0.25) is 4.79 Å². The monoisotopic (exact) mass is 408 g/mol. The molecule has 0 aliphatic heterocycles. The van der Waals surface area contributed by atoms with Crippen molar-refractivity contribution in [3.05, 3.63) is 53.8 Å². The van der Waals surface area contributed by atoms with Crippen LogP contribution in [-0.4, -0.2) is 28.1 Å². The number of rotatable bonds is 5. The summed E-state index contributed by atoms with van der Waals surface area (Å²) in [6, 6.07) is 7.45. The van der Waals surface area contributed by atoms with Crippen molar-refractivity contribution in [3.63, 3.8) is 0 Å². The van der Waals surface area contributed by atoms with Gasteiger partial charge in [0.05, 0.1) is 24.9 Å². The quantitative estimate of drug-likeness (QED) is 0.608. The van der Waals surface area contributed by atoms with Gasteiger partial charge in [-0.1, -0.05) is 38.1 Å². The van der Waals surface area contributed by atoms with Crippen LogP contribution in [0.5, 0.6) is 5.75 Å². The van der Waals surface area contributed by atoms with Gasteiger partial charge in [0.2, 0.25) is 0 Å². The molecular weight excluding hydrogens is 381 g/mol. The van der Waals surface area contributed by atoms with Gasteiger partial charge in [-0.15, -0.1) is 0 Å². The van der Waals surface area contributed by atoms with Crippen molar-refractivity contribution in [1.29, 1.82) is 0 Å². The zero-order valence-corrected chi connectivity index (χ0v) is 18.1. The maximum Gasteiger partial charge on any atom is 0.278 e. The van der Waals surface area contributed by atoms with E-state index in [1.54, 1.807) is 0 Å². The van der Waals surface area contributed by atoms with Crippen LogP contribution in [-0.2, 0) is 44.0 Å². The van der Waals surface area contributed by atoms with Crippen LogP contribution in [0.25, 0.3) is 11.1 Å². The maximum absolute atomic E-state index is 12.4. The van der Waals surface area contributed by atoms with E-state index in [1.807, 2.05) is 52.0 Å². The molecule has 6 heteroatoms. The van der Waals surface area contributed by atoms with E-state index in [1.165, 1.54) is 10.9 Å². The molecule has 0 amide bonds. The summed E-state index contributed by atoms with van der Waals surface area (Å²) in [5.74, 6) is -0.100. The predicted octanol–water partition coefficient (Wildman–Crippen LogP) is 3.43. The molecule has 0 fully saturated rings. The van der Waals surface area contributed by atoms with Crippen LogP contribution in [0.1, 0.15) is 26.3 Å². The minimum Gasteiger partial charge on any atom is -0.505 e. The van der Waals surface area contributed by atoms with Crippen molar-refractivity contribution >= 4 is 0 Å². The molecule has 1 radical (unpaired) electrons. The third kappa shape index (κ3) is 6.46. The van der Waals surface area contributed by atoms with E-state index in [0.29, 0.717) is 19.8 Å². The molecule has 2 aromatic rings. The molecule has 24 heavy (non-hydrogen) atoms. The Morgan fingerprint density at radius 2 is 1.88 bits per heavy atom. The fraction of sp³-hybridized carbons (Fsp3) is 0.389. The van der Waals surface area contributed by atoms with E-state index >= 15 is 0 Å². The van der Waals surface area contributed by atoms with Crippen molar-refractivity contribution in [2.24, 2.45) is 0 Å². The average Bonchev–Trinajstić information content (AvgIpc) is 2.53. The minimum atomic E-state index is -0.306. The van der Waals surface area contributed by atoms with Crippen LogP contribution in [0.2, 0.25) is 0 Å². The first-order valence-electron chi connectivity index (χ1n) is 7.58. The fourth-order valence-electron chi connectivity index (χ4n) is 2.04. The Morgan fingerprint density at radius 1 is 1.25 bits per heavy atom. The van der Waals surface area contributed by atoms with E-state index in [9.17, 15) is 9.90 Å². The Labute approximate surface area is 169 Å². The Balaban J connectivity index is 0. The van der Waals surface area contributed by atoms with E-state index in [-0.39, 0.29) is 57.0 Å². The summed E-state index contributed by atoms with van der Waals surface area (Å²) in [6.07, 6.45) is 1.30. The molecule has 1 N–H and O–H groups in total. The molecule has 0 bridgehead atoms. The van der Waals surface area contributed by atoms with Crippen molar-refractivity contribution in [1.82, 2.24) is 9.78 Å². The number of nitrogens with zero attached hydrogens (tertiary/aromatic N) is 2. The minimum absolute atomic E-state index is 0. The Kier molecular flexibility index (Phi) is 13.9. The molecule has 0 aliphatic rings. The largest absolute Gasteiger partial charge is 0.505 e. The number of aromatic hydroxyl groups is 1. The molecule has 1 aromatic carbocycles. The molecule has 0 aliphatic carbocycles. The standard InChI is InChI=1S/C15H18N2O3.C2H6.CH3.Y/c1-3-20-9-8-17-15(19)14(13(18)10-16-17)12-7-5-4-6-11(12)2;1-2;;/h4-7,10,18H,3,8-9H2,1-2H3;1-2H3;1H3;/q;;-1;. The first-order chi connectivity index (χ1) is 10.6. The first kappa shape index (κ1) is 25.2. The molecule has 0 unspecified atom stereocenters. The molecule has 1 heterocycles. The Hall–Kier alpha value is -1.04. The molecule has 1 aromatic heterocycles. The van der Waals surface area contributed by atoms with E-state index in [2.05, 4.69) is 5.10 Å². The SMILES string of the molecule is CC.CCOCCn1ncc(O)c(-c2ccccc2C)c1=O.[CH3-].[Y]. The molecule has 0 saturated heterocycles. The smallest absolute Gasteiger partial charge is 0.278 e. The summed E-state index contributed by atoms with van der Waals surface area (Å²) in [6.45, 7) is 9.18. The van der Waals surface area contributed by atoms with Gasteiger partial charge in [-0.05, 0) is 25.0 Å². The van der Waals surface area contributed by atoms with Crippen molar-refractivity contribution < 1.29 is 42.6 Å². The van der Waals surface area contributed by atoms with Crippen molar-refractivity contribution in [2.45, 2.75) is 34.2 Å². The molecule has 0 spiro atoms. The van der Waals surface area contributed by atoms with E-state index < -0.39 is 0 Å². The summed E-state index contributed by atoms with van der Waals surface area (Å²) in [4.78, 5) is 12.4.